The SMILES string of the molecule is CC1(C)OC/C=C/[C@H](OC(=O)NC2COC2)[C@@H]2CC[C@H]2CN2C[C@@]3(CCCc4cc(Cl)ccc43)COc3ccc(cc32)S(=O)(=O)NC1=O. The van der Waals surface area contributed by atoms with E-state index in [9.17, 15) is 18.0 Å². The number of rotatable bonds is 2. The number of benzene rings is 2. The van der Waals surface area contributed by atoms with Crippen LogP contribution in [0.25, 0.3) is 0 Å². The smallest absolute Gasteiger partial charge is 0.408 e. The highest BCUT2D eigenvalue weighted by Gasteiger charge is 2.45. The van der Waals surface area contributed by atoms with Gasteiger partial charge in [0.1, 0.15) is 17.5 Å². The molecule has 1 saturated heterocycles. The van der Waals surface area contributed by atoms with Crippen LogP contribution in [-0.4, -0.2) is 77.7 Å². The standard InChI is InChI=1S/C35H42ClN3O8S/c1-34(2)32(40)38-48(42,43)26-9-12-31-29(16-26)39(20-35(21-45-31)13-3-5-22-15-24(36)8-11-28(22)35)17-23-7-10-27(23)30(6-4-14-46-34)47-33(41)37-25-18-44-19-25/h4,6,8-9,11-12,15-16,23,25,27,30H,3,5,7,10,13-14,17-21H2,1-2H3,(H,37,41)(H,38,40)/b6-4+/t23-,27+,30-,35-/m0/s1. The van der Waals surface area contributed by atoms with Crippen LogP contribution in [0.3, 0.4) is 0 Å². The van der Waals surface area contributed by atoms with Crippen LogP contribution >= 0.6 is 11.6 Å². The molecule has 0 unspecified atom stereocenters. The third-order valence-corrected chi connectivity index (χ3v) is 12.1. The minimum atomic E-state index is -4.24. The van der Waals surface area contributed by atoms with Crippen molar-refractivity contribution in [2.24, 2.45) is 11.8 Å². The topological polar surface area (TPSA) is 132 Å². The van der Waals surface area contributed by atoms with E-state index < -0.39 is 33.7 Å². The average Bonchev–Trinajstić information content (AvgIpc) is 3.15. The lowest BCUT2D eigenvalue weighted by Crippen LogP contribution is -2.52. The fourth-order valence-corrected chi connectivity index (χ4v) is 8.84. The van der Waals surface area contributed by atoms with Crippen LogP contribution in [0.4, 0.5) is 10.5 Å². The molecule has 2 amide bonds. The number of sulfonamides is 1. The summed E-state index contributed by atoms with van der Waals surface area (Å²) in [5.74, 6) is -0.0621. The van der Waals surface area contributed by atoms with Crippen LogP contribution < -0.4 is 19.7 Å². The predicted octanol–water partition coefficient (Wildman–Crippen LogP) is 4.50. The molecule has 0 radical (unpaired) electrons. The summed E-state index contributed by atoms with van der Waals surface area (Å²) in [6, 6.07) is 10.8. The van der Waals surface area contributed by atoms with Crippen molar-refractivity contribution in [3.05, 3.63) is 64.7 Å². The van der Waals surface area contributed by atoms with Crippen LogP contribution in [0, 0.1) is 11.8 Å². The second-order valence-electron chi connectivity index (χ2n) is 14.2. The van der Waals surface area contributed by atoms with Gasteiger partial charge in [0.15, 0.2) is 0 Å². The number of ether oxygens (including phenoxy) is 4. The van der Waals surface area contributed by atoms with Gasteiger partial charge in [-0.25, -0.2) is 17.9 Å². The summed E-state index contributed by atoms with van der Waals surface area (Å²) in [5, 5.41) is 3.57. The molecule has 2 bridgehead atoms. The Morgan fingerprint density at radius 3 is 2.73 bits per heavy atom. The highest BCUT2D eigenvalue weighted by atomic mass is 35.5. The molecule has 7 rings (SSSR count). The van der Waals surface area contributed by atoms with Gasteiger partial charge in [0, 0.05) is 29.4 Å². The van der Waals surface area contributed by atoms with Crippen molar-refractivity contribution in [1.82, 2.24) is 10.0 Å². The number of carbonyl (C=O) groups is 2. The lowest BCUT2D eigenvalue weighted by molar-refractivity contribution is -0.139. The van der Waals surface area contributed by atoms with Gasteiger partial charge in [-0.3, -0.25) is 4.79 Å². The number of aryl methyl sites for hydroxylation is 1. The molecule has 1 spiro atoms. The van der Waals surface area contributed by atoms with E-state index in [0.717, 1.165) is 32.1 Å². The van der Waals surface area contributed by atoms with E-state index in [1.54, 1.807) is 18.2 Å². The molecule has 11 nitrogen and oxygen atoms in total. The second-order valence-corrected chi connectivity index (χ2v) is 16.3. The van der Waals surface area contributed by atoms with E-state index >= 15 is 0 Å². The number of nitrogens with zero attached hydrogens (tertiary/aromatic N) is 1. The van der Waals surface area contributed by atoms with Crippen LogP contribution in [0.5, 0.6) is 5.75 Å². The number of halogens is 1. The molecule has 1 saturated carbocycles. The van der Waals surface area contributed by atoms with Crippen molar-refractivity contribution in [2.75, 3.05) is 44.4 Å². The first kappa shape index (κ1) is 33.2. The van der Waals surface area contributed by atoms with Crippen LogP contribution in [-0.2, 0) is 40.9 Å². The Morgan fingerprint density at radius 2 is 1.98 bits per heavy atom. The summed E-state index contributed by atoms with van der Waals surface area (Å²) >= 11 is 6.42. The molecule has 3 heterocycles. The molecule has 0 aromatic heterocycles. The Kier molecular flexibility index (Phi) is 8.89. The molecule has 5 aliphatic rings. The number of amides is 2. The molecule has 48 heavy (non-hydrogen) atoms. The normalized spacial score (nSPS) is 30.2. The summed E-state index contributed by atoms with van der Waals surface area (Å²) in [5.41, 5.74) is 1.23. The zero-order valence-corrected chi connectivity index (χ0v) is 28.8. The van der Waals surface area contributed by atoms with Gasteiger partial charge in [-0.1, -0.05) is 23.7 Å². The molecule has 2 N–H and O–H groups in total. The van der Waals surface area contributed by atoms with Gasteiger partial charge in [0.25, 0.3) is 15.9 Å². The number of nitrogens with one attached hydrogen (secondary N) is 2. The van der Waals surface area contributed by atoms with Gasteiger partial charge in [0.05, 0.1) is 43.1 Å². The van der Waals surface area contributed by atoms with Gasteiger partial charge >= 0.3 is 6.09 Å². The minimum absolute atomic E-state index is 0.0155. The summed E-state index contributed by atoms with van der Waals surface area (Å²) in [6.07, 6.45) is 7.09. The van der Waals surface area contributed by atoms with Crippen molar-refractivity contribution >= 4 is 39.3 Å². The zero-order chi connectivity index (χ0) is 33.7. The molecular formula is C35H42ClN3O8S. The zero-order valence-electron chi connectivity index (χ0n) is 27.2. The lowest BCUT2D eigenvalue weighted by atomic mass is 9.68. The summed E-state index contributed by atoms with van der Waals surface area (Å²) < 4.78 is 53.0. The fraction of sp³-hybridized carbons (Fsp3) is 0.543. The third-order valence-electron chi connectivity index (χ3n) is 10.5. The van der Waals surface area contributed by atoms with Crippen LogP contribution in [0.15, 0.2) is 53.4 Å². The van der Waals surface area contributed by atoms with E-state index in [-0.39, 0.29) is 34.8 Å². The Hall–Kier alpha value is -3.32. The highest BCUT2D eigenvalue weighted by molar-refractivity contribution is 7.90. The molecule has 258 valence electrons. The Balaban J connectivity index is 1.27. The Labute approximate surface area is 286 Å². The van der Waals surface area contributed by atoms with Gasteiger partial charge in [-0.05, 0) is 99.4 Å². The van der Waals surface area contributed by atoms with E-state index in [1.807, 2.05) is 18.2 Å². The molecule has 2 aromatic rings. The quantitative estimate of drug-likeness (QED) is 0.435. The second kappa shape index (κ2) is 12.9. The summed E-state index contributed by atoms with van der Waals surface area (Å²) in [6.45, 7) is 5.57. The van der Waals surface area contributed by atoms with Crippen molar-refractivity contribution < 1.29 is 37.0 Å². The van der Waals surface area contributed by atoms with Crippen molar-refractivity contribution in [1.29, 1.82) is 0 Å². The maximum atomic E-state index is 13.6. The van der Waals surface area contributed by atoms with Gasteiger partial charge in [-0.2, -0.15) is 0 Å². The highest BCUT2D eigenvalue weighted by Crippen LogP contribution is 2.47. The molecule has 2 aromatic carbocycles. The maximum Gasteiger partial charge on any atom is 0.408 e. The van der Waals surface area contributed by atoms with E-state index in [0.29, 0.717) is 49.4 Å². The Bertz CT molecular complexity index is 1730. The first-order valence-corrected chi connectivity index (χ1v) is 18.5. The van der Waals surface area contributed by atoms with Crippen LogP contribution in [0.2, 0.25) is 5.02 Å². The van der Waals surface area contributed by atoms with Gasteiger partial charge < -0.3 is 29.2 Å². The fourth-order valence-electron chi connectivity index (χ4n) is 7.53. The molecular weight excluding hydrogens is 658 g/mol. The van der Waals surface area contributed by atoms with Gasteiger partial charge in [0.2, 0.25) is 0 Å². The molecule has 4 atom stereocenters. The first-order valence-electron chi connectivity index (χ1n) is 16.7. The number of carbonyl (C=O) groups excluding carboxylic acids is 2. The Morgan fingerprint density at radius 1 is 1.15 bits per heavy atom. The number of anilines is 1. The van der Waals surface area contributed by atoms with Crippen molar-refractivity contribution in [3.8, 4) is 5.75 Å². The van der Waals surface area contributed by atoms with Gasteiger partial charge in [-0.15, -0.1) is 0 Å². The monoisotopic (exact) mass is 699 g/mol. The number of hydrogen-bond acceptors (Lipinski definition) is 9. The van der Waals surface area contributed by atoms with Crippen LogP contribution in [0.1, 0.15) is 50.7 Å². The largest absolute Gasteiger partial charge is 0.490 e. The molecule has 2 aliphatic carbocycles. The van der Waals surface area contributed by atoms with E-state index in [1.165, 1.54) is 31.0 Å². The number of alkyl carbamates (subject to hydrolysis) is 1. The number of hydrogen-bond donors (Lipinski definition) is 2. The van der Waals surface area contributed by atoms with Crippen molar-refractivity contribution in [2.45, 2.75) is 74.0 Å². The number of fused-ring (bicyclic) bond motifs is 4. The van der Waals surface area contributed by atoms with E-state index in [4.69, 9.17) is 30.5 Å². The summed E-state index contributed by atoms with van der Waals surface area (Å²) in [7, 11) is -4.24. The first-order chi connectivity index (χ1) is 22.9. The average molecular weight is 700 g/mol. The minimum Gasteiger partial charge on any atom is -0.490 e. The predicted molar refractivity (Wildman–Crippen MR) is 179 cm³/mol. The summed E-state index contributed by atoms with van der Waals surface area (Å²) in [4.78, 5) is 28.4. The molecule has 13 heteroatoms. The maximum absolute atomic E-state index is 13.6. The van der Waals surface area contributed by atoms with Crippen molar-refractivity contribution in [3.63, 3.8) is 0 Å². The molecule has 2 fully saturated rings. The van der Waals surface area contributed by atoms with E-state index in [2.05, 4.69) is 21.0 Å². The lowest BCUT2D eigenvalue weighted by Gasteiger charge is -2.46. The third kappa shape index (κ3) is 6.51. The molecule has 3 aliphatic heterocycles.